The molecule has 1 atom stereocenters. The van der Waals surface area contributed by atoms with Gasteiger partial charge in [0.15, 0.2) is 5.16 Å². The molecule has 1 saturated heterocycles. The van der Waals surface area contributed by atoms with Crippen LogP contribution in [0.25, 0.3) is 5.69 Å². The van der Waals surface area contributed by atoms with Gasteiger partial charge in [-0.05, 0) is 36.8 Å². The third kappa shape index (κ3) is 3.99. The van der Waals surface area contributed by atoms with Crippen LogP contribution in [0.2, 0.25) is 0 Å². The Morgan fingerprint density at radius 2 is 1.70 bits per heavy atom. The summed E-state index contributed by atoms with van der Waals surface area (Å²) in [6.45, 7) is 5.06. The summed E-state index contributed by atoms with van der Waals surface area (Å²) < 4.78 is 20.8. The van der Waals surface area contributed by atoms with Gasteiger partial charge in [0.1, 0.15) is 5.82 Å². The first-order chi connectivity index (χ1) is 13.2. The van der Waals surface area contributed by atoms with Crippen LogP contribution in [0.15, 0.2) is 59.8 Å². The minimum Gasteiger partial charge on any atom is -0.378 e. The summed E-state index contributed by atoms with van der Waals surface area (Å²) in [5, 5.41) is 9.89. The SMILES string of the molecule is CC(Sc1nnc(N2CCOCC2)n1-c1ccccc1)c1ccc(F)cc1. The Morgan fingerprint density at radius 1 is 1.00 bits per heavy atom. The van der Waals surface area contributed by atoms with Crippen molar-refractivity contribution in [3.63, 3.8) is 0 Å². The Labute approximate surface area is 162 Å². The zero-order valence-electron chi connectivity index (χ0n) is 15.1. The molecule has 1 aliphatic heterocycles. The van der Waals surface area contributed by atoms with Crippen LogP contribution < -0.4 is 4.90 Å². The fraction of sp³-hybridized carbons (Fsp3) is 0.300. The molecule has 0 amide bonds. The van der Waals surface area contributed by atoms with E-state index in [0.717, 1.165) is 35.4 Å². The standard InChI is InChI=1S/C20H21FN4OS/c1-15(16-7-9-17(21)10-8-16)27-20-23-22-19(24-11-13-26-14-12-24)25(20)18-5-3-2-4-6-18/h2-10,15H,11-14H2,1H3. The molecule has 4 rings (SSSR count). The van der Waals surface area contributed by atoms with E-state index < -0.39 is 0 Å². The van der Waals surface area contributed by atoms with Gasteiger partial charge in [-0.15, -0.1) is 10.2 Å². The number of rotatable bonds is 5. The number of hydrogen-bond donors (Lipinski definition) is 0. The van der Waals surface area contributed by atoms with E-state index in [1.807, 2.05) is 30.3 Å². The quantitative estimate of drug-likeness (QED) is 0.620. The highest BCUT2D eigenvalue weighted by molar-refractivity contribution is 7.99. The molecule has 2 heterocycles. The lowest BCUT2D eigenvalue weighted by Crippen LogP contribution is -2.37. The zero-order chi connectivity index (χ0) is 18.6. The van der Waals surface area contributed by atoms with Crippen LogP contribution >= 0.6 is 11.8 Å². The average molecular weight is 384 g/mol. The number of thioether (sulfide) groups is 1. The predicted molar refractivity (Wildman–Crippen MR) is 105 cm³/mol. The van der Waals surface area contributed by atoms with Crippen LogP contribution in [0.5, 0.6) is 0 Å². The van der Waals surface area contributed by atoms with Gasteiger partial charge in [0.2, 0.25) is 5.95 Å². The molecule has 1 aliphatic rings. The maximum atomic E-state index is 13.2. The number of benzene rings is 2. The predicted octanol–water partition coefficient (Wildman–Crippen LogP) is 4.10. The molecule has 1 fully saturated rings. The fourth-order valence-electron chi connectivity index (χ4n) is 3.07. The van der Waals surface area contributed by atoms with Gasteiger partial charge in [0.05, 0.1) is 18.9 Å². The highest BCUT2D eigenvalue weighted by Crippen LogP contribution is 2.36. The summed E-state index contributed by atoms with van der Waals surface area (Å²) in [4.78, 5) is 2.20. The van der Waals surface area contributed by atoms with Gasteiger partial charge in [-0.1, -0.05) is 42.1 Å². The Morgan fingerprint density at radius 3 is 2.41 bits per heavy atom. The van der Waals surface area contributed by atoms with Crippen LogP contribution in [0.4, 0.5) is 10.3 Å². The number of hydrogen-bond acceptors (Lipinski definition) is 5. The second kappa shape index (κ2) is 8.10. The molecule has 5 nitrogen and oxygen atoms in total. The number of nitrogens with zero attached hydrogens (tertiary/aromatic N) is 4. The van der Waals surface area contributed by atoms with Crippen molar-refractivity contribution in [2.24, 2.45) is 0 Å². The van der Waals surface area contributed by atoms with Crippen LogP contribution in [-0.4, -0.2) is 41.1 Å². The molecule has 1 aromatic heterocycles. The molecule has 3 aromatic rings. The van der Waals surface area contributed by atoms with Gasteiger partial charge in [0.25, 0.3) is 0 Å². The summed E-state index contributed by atoms with van der Waals surface area (Å²) in [6.07, 6.45) is 0. The molecule has 7 heteroatoms. The van der Waals surface area contributed by atoms with Crippen LogP contribution in [0.1, 0.15) is 17.7 Å². The van der Waals surface area contributed by atoms with Crippen molar-refractivity contribution >= 4 is 17.7 Å². The smallest absolute Gasteiger partial charge is 0.232 e. The first kappa shape index (κ1) is 18.0. The van der Waals surface area contributed by atoms with E-state index in [2.05, 4.69) is 38.7 Å². The summed E-state index contributed by atoms with van der Waals surface area (Å²) in [5.41, 5.74) is 2.08. The maximum Gasteiger partial charge on any atom is 0.232 e. The molecule has 0 spiro atoms. The normalized spacial score (nSPS) is 15.7. The van der Waals surface area contributed by atoms with E-state index in [9.17, 15) is 4.39 Å². The second-order valence-corrected chi connectivity index (χ2v) is 7.67. The van der Waals surface area contributed by atoms with Gasteiger partial charge in [-0.2, -0.15) is 0 Å². The molecule has 140 valence electrons. The molecular weight excluding hydrogens is 363 g/mol. The lowest BCUT2D eigenvalue weighted by molar-refractivity contribution is 0.122. The Balaban J connectivity index is 1.67. The summed E-state index contributed by atoms with van der Waals surface area (Å²) in [7, 11) is 0. The number of ether oxygens (including phenoxy) is 1. The van der Waals surface area contributed by atoms with Crippen molar-refractivity contribution in [3.05, 3.63) is 66.0 Å². The highest BCUT2D eigenvalue weighted by atomic mass is 32.2. The number of morpholine rings is 1. The second-order valence-electron chi connectivity index (χ2n) is 6.36. The van der Waals surface area contributed by atoms with Crippen molar-refractivity contribution < 1.29 is 9.13 Å². The monoisotopic (exact) mass is 384 g/mol. The highest BCUT2D eigenvalue weighted by Gasteiger charge is 2.23. The molecule has 0 aliphatic carbocycles. The summed E-state index contributed by atoms with van der Waals surface area (Å²) in [5.74, 6) is 0.608. The lowest BCUT2D eigenvalue weighted by atomic mass is 10.2. The third-order valence-corrected chi connectivity index (χ3v) is 5.65. The largest absolute Gasteiger partial charge is 0.378 e. The Kier molecular flexibility index (Phi) is 5.40. The van der Waals surface area contributed by atoms with Gasteiger partial charge < -0.3 is 9.64 Å². The Hall–Kier alpha value is -2.38. The van der Waals surface area contributed by atoms with Crippen LogP contribution in [0, 0.1) is 5.82 Å². The van der Waals surface area contributed by atoms with Crippen molar-refractivity contribution in [1.29, 1.82) is 0 Å². The van der Waals surface area contributed by atoms with Crippen LogP contribution in [-0.2, 0) is 4.74 Å². The van der Waals surface area contributed by atoms with Crippen molar-refractivity contribution in [1.82, 2.24) is 14.8 Å². The topological polar surface area (TPSA) is 43.2 Å². The minimum absolute atomic E-state index is 0.120. The average Bonchev–Trinajstić information content (AvgIpc) is 3.13. The number of para-hydroxylation sites is 1. The molecule has 0 saturated carbocycles. The number of aromatic nitrogens is 3. The van der Waals surface area contributed by atoms with E-state index >= 15 is 0 Å². The molecule has 0 bridgehead atoms. The molecule has 0 radical (unpaired) electrons. The zero-order valence-corrected chi connectivity index (χ0v) is 15.9. The van der Waals surface area contributed by atoms with Crippen molar-refractivity contribution in [2.45, 2.75) is 17.3 Å². The van der Waals surface area contributed by atoms with Gasteiger partial charge in [0, 0.05) is 18.3 Å². The number of halogens is 1. The van der Waals surface area contributed by atoms with E-state index in [0.29, 0.717) is 13.2 Å². The fourth-order valence-corrected chi connectivity index (χ4v) is 4.06. The molecule has 27 heavy (non-hydrogen) atoms. The lowest BCUT2D eigenvalue weighted by Gasteiger charge is -2.28. The van der Waals surface area contributed by atoms with Crippen LogP contribution in [0.3, 0.4) is 0 Å². The Bertz CT molecular complexity index is 879. The van der Waals surface area contributed by atoms with E-state index in [1.54, 1.807) is 11.8 Å². The summed E-state index contributed by atoms with van der Waals surface area (Å²) >= 11 is 1.62. The minimum atomic E-state index is -0.224. The first-order valence-corrected chi connectivity index (χ1v) is 9.86. The molecule has 1 unspecified atom stereocenters. The van der Waals surface area contributed by atoms with Crippen molar-refractivity contribution in [3.8, 4) is 5.69 Å². The van der Waals surface area contributed by atoms with Gasteiger partial charge in [-0.3, -0.25) is 4.57 Å². The van der Waals surface area contributed by atoms with E-state index in [1.165, 1.54) is 12.1 Å². The van der Waals surface area contributed by atoms with Gasteiger partial charge in [-0.25, -0.2) is 4.39 Å². The van der Waals surface area contributed by atoms with Gasteiger partial charge >= 0.3 is 0 Å². The number of anilines is 1. The van der Waals surface area contributed by atoms with E-state index in [4.69, 9.17) is 4.74 Å². The molecular formula is C20H21FN4OS. The summed E-state index contributed by atoms with van der Waals surface area (Å²) in [6, 6.07) is 16.8. The molecule has 2 aromatic carbocycles. The van der Waals surface area contributed by atoms with E-state index in [-0.39, 0.29) is 11.1 Å². The maximum absolute atomic E-state index is 13.2. The third-order valence-electron chi connectivity index (χ3n) is 4.55. The first-order valence-electron chi connectivity index (χ1n) is 8.98. The molecule has 0 N–H and O–H groups in total. The van der Waals surface area contributed by atoms with Crippen molar-refractivity contribution in [2.75, 3.05) is 31.2 Å².